The third kappa shape index (κ3) is 5.86. The highest BCUT2D eigenvalue weighted by Gasteiger charge is 2.21. The highest BCUT2D eigenvalue weighted by molar-refractivity contribution is 5.97. The Kier molecular flexibility index (Phi) is 8.23. The second-order valence-electron chi connectivity index (χ2n) is 8.03. The zero-order valence-electron chi connectivity index (χ0n) is 19.7. The first-order valence-corrected chi connectivity index (χ1v) is 11.2. The summed E-state index contributed by atoms with van der Waals surface area (Å²) in [6.07, 6.45) is 13.9. The maximum Gasteiger partial charge on any atom is 0.322 e. The van der Waals surface area contributed by atoms with E-state index in [1.54, 1.807) is 18.2 Å². The number of aromatic amines is 1. The van der Waals surface area contributed by atoms with E-state index in [2.05, 4.69) is 21.2 Å². The zero-order chi connectivity index (χ0) is 25.5. The van der Waals surface area contributed by atoms with E-state index in [0.717, 1.165) is 16.8 Å². The molecule has 0 aliphatic heterocycles. The van der Waals surface area contributed by atoms with Gasteiger partial charge in [-0.05, 0) is 55.2 Å². The largest absolute Gasteiger partial charge is 0.480 e. The molecule has 182 valence electrons. The number of aliphatic hydroxyl groups excluding tert-OH is 1. The van der Waals surface area contributed by atoms with Crippen LogP contribution in [0.25, 0.3) is 10.9 Å². The van der Waals surface area contributed by atoms with Crippen LogP contribution in [-0.2, 0) is 22.6 Å². The maximum atomic E-state index is 12.6. The predicted octanol–water partition coefficient (Wildman–Crippen LogP) is 1.94. The number of H-pyrrole nitrogens is 1. The molecule has 0 saturated heterocycles. The average molecular weight is 477 g/mol. The Morgan fingerprint density at radius 3 is 2.74 bits per heavy atom. The third-order valence-corrected chi connectivity index (χ3v) is 5.82. The SMILES string of the molecule is C#CCN(C1=CCC=C(C(=O)NCC(=O)O)C=C1)C(C)c1cc2c(=O)[nH]c(CO)nc2cc1CC. The number of amides is 1. The van der Waals surface area contributed by atoms with Gasteiger partial charge in [-0.2, -0.15) is 0 Å². The van der Waals surface area contributed by atoms with Crippen LogP contribution in [0.1, 0.15) is 43.3 Å². The van der Waals surface area contributed by atoms with Crippen LogP contribution in [-0.4, -0.2) is 50.0 Å². The van der Waals surface area contributed by atoms with Gasteiger partial charge in [0.25, 0.3) is 11.5 Å². The summed E-state index contributed by atoms with van der Waals surface area (Å²) < 4.78 is 0. The monoisotopic (exact) mass is 476 g/mol. The molecule has 4 N–H and O–H groups in total. The Morgan fingerprint density at radius 1 is 1.31 bits per heavy atom. The van der Waals surface area contributed by atoms with Crippen LogP contribution in [0, 0.1) is 12.3 Å². The average Bonchev–Trinajstić information content (AvgIpc) is 3.10. The topological polar surface area (TPSA) is 136 Å². The molecule has 1 aromatic carbocycles. The number of carbonyl (C=O) groups excluding carboxylic acids is 1. The van der Waals surface area contributed by atoms with E-state index in [0.29, 0.717) is 29.3 Å². The summed E-state index contributed by atoms with van der Waals surface area (Å²) in [5.41, 5.74) is 3.28. The first kappa shape index (κ1) is 25.5. The van der Waals surface area contributed by atoms with Crippen LogP contribution in [0.15, 0.2) is 52.5 Å². The van der Waals surface area contributed by atoms with E-state index < -0.39 is 18.4 Å². The van der Waals surface area contributed by atoms with Gasteiger partial charge < -0.3 is 25.4 Å². The van der Waals surface area contributed by atoms with E-state index in [1.807, 2.05) is 37.0 Å². The van der Waals surface area contributed by atoms with Crippen molar-refractivity contribution in [3.63, 3.8) is 0 Å². The predicted molar refractivity (Wildman–Crippen MR) is 132 cm³/mol. The number of aryl methyl sites for hydroxylation is 1. The Labute approximate surface area is 202 Å². The minimum absolute atomic E-state index is 0.208. The summed E-state index contributed by atoms with van der Waals surface area (Å²) in [5, 5.41) is 20.9. The van der Waals surface area contributed by atoms with Gasteiger partial charge in [0.2, 0.25) is 0 Å². The molecule has 3 rings (SSSR count). The normalized spacial score (nSPS) is 13.9. The number of fused-ring (bicyclic) bond motifs is 1. The maximum absolute atomic E-state index is 12.6. The van der Waals surface area contributed by atoms with Gasteiger partial charge in [-0.3, -0.25) is 14.4 Å². The van der Waals surface area contributed by atoms with Crippen molar-refractivity contribution in [3.8, 4) is 12.3 Å². The molecule has 1 heterocycles. The fourth-order valence-electron chi connectivity index (χ4n) is 4.04. The molecule has 0 bridgehead atoms. The standard InChI is InChI=1S/C26H28N4O5/c1-4-11-30(19-8-6-7-18(9-10-19)25(34)27-14-24(32)33)16(3)20-13-21-22(12-17(20)5-2)28-23(15-31)29-26(21)35/h1,7-10,12-13,16,31H,5-6,11,14-15H2,2-3H3,(H,27,34)(H,32,33)(H,28,29,35). The van der Waals surface area contributed by atoms with Crippen LogP contribution in [0.4, 0.5) is 0 Å². The number of allylic oxidation sites excluding steroid dienone is 3. The number of hydrogen-bond donors (Lipinski definition) is 4. The van der Waals surface area contributed by atoms with Crippen molar-refractivity contribution in [3.05, 3.63) is 75.0 Å². The van der Waals surface area contributed by atoms with Crippen LogP contribution in [0.5, 0.6) is 0 Å². The van der Waals surface area contributed by atoms with Crippen molar-refractivity contribution in [1.29, 1.82) is 0 Å². The molecule has 1 aliphatic rings. The Balaban J connectivity index is 1.95. The first-order chi connectivity index (χ1) is 16.8. The number of aliphatic carboxylic acids is 1. The molecule has 0 spiro atoms. The first-order valence-electron chi connectivity index (χ1n) is 11.2. The third-order valence-electron chi connectivity index (χ3n) is 5.82. The van der Waals surface area contributed by atoms with Crippen LogP contribution in [0.2, 0.25) is 0 Å². The van der Waals surface area contributed by atoms with Gasteiger partial charge in [-0.1, -0.05) is 25.0 Å². The number of benzene rings is 1. The Hall–Kier alpha value is -4.16. The molecule has 1 aromatic heterocycles. The van der Waals surface area contributed by atoms with E-state index in [9.17, 15) is 19.5 Å². The van der Waals surface area contributed by atoms with Crippen LogP contribution >= 0.6 is 0 Å². The highest BCUT2D eigenvalue weighted by atomic mass is 16.4. The smallest absolute Gasteiger partial charge is 0.322 e. The van der Waals surface area contributed by atoms with E-state index in [4.69, 9.17) is 11.5 Å². The molecule has 2 aromatic rings. The number of nitrogens with zero attached hydrogens (tertiary/aromatic N) is 2. The molecular formula is C26H28N4O5. The van der Waals surface area contributed by atoms with Gasteiger partial charge in [0.15, 0.2) is 0 Å². The van der Waals surface area contributed by atoms with Crippen molar-refractivity contribution in [2.45, 2.75) is 39.3 Å². The lowest BCUT2D eigenvalue weighted by atomic mass is 9.95. The molecule has 0 saturated carbocycles. The lowest BCUT2D eigenvalue weighted by molar-refractivity contribution is -0.137. The summed E-state index contributed by atoms with van der Waals surface area (Å²) in [6.45, 7) is 3.48. The molecule has 1 aliphatic carbocycles. The Bertz CT molecular complexity index is 1330. The summed E-state index contributed by atoms with van der Waals surface area (Å²) in [5.74, 6) is 1.31. The van der Waals surface area contributed by atoms with Crippen LogP contribution < -0.4 is 10.9 Å². The van der Waals surface area contributed by atoms with Gasteiger partial charge in [0.05, 0.1) is 23.5 Å². The Morgan fingerprint density at radius 2 is 2.09 bits per heavy atom. The number of hydrogen-bond acceptors (Lipinski definition) is 6. The fourth-order valence-corrected chi connectivity index (χ4v) is 4.04. The highest BCUT2D eigenvalue weighted by Crippen LogP contribution is 2.31. The lowest BCUT2D eigenvalue weighted by Crippen LogP contribution is -2.30. The van der Waals surface area contributed by atoms with E-state index in [-0.39, 0.29) is 30.6 Å². The molecule has 9 nitrogen and oxygen atoms in total. The number of aromatic nitrogens is 2. The molecule has 1 unspecified atom stereocenters. The zero-order valence-corrected chi connectivity index (χ0v) is 19.7. The van der Waals surface area contributed by atoms with Crippen molar-refractivity contribution >= 4 is 22.8 Å². The van der Waals surface area contributed by atoms with E-state index in [1.165, 1.54) is 0 Å². The second-order valence-corrected chi connectivity index (χ2v) is 8.03. The molecule has 0 fully saturated rings. The lowest BCUT2D eigenvalue weighted by Gasteiger charge is -2.32. The van der Waals surface area contributed by atoms with E-state index >= 15 is 0 Å². The molecule has 1 atom stereocenters. The van der Waals surface area contributed by atoms with Crippen LogP contribution in [0.3, 0.4) is 0 Å². The summed E-state index contributed by atoms with van der Waals surface area (Å²) >= 11 is 0. The number of rotatable bonds is 9. The number of carboxylic acid groups (broad SMARTS) is 1. The number of carboxylic acids is 1. The molecule has 1 amide bonds. The molecule has 9 heteroatoms. The number of nitrogens with one attached hydrogen (secondary N) is 2. The van der Waals surface area contributed by atoms with Crippen molar-refractivity contribution in [2.24, 2.45) is 0 Å². The van der Waals surface area contributed by atoms with Crippen molar-refractivity contribution in [1.82, 2.24) is 20.2 Å². The van der Waals surface area contributed by atoms with Crippen molar-refractivity contribution < 1.29 is 19.8 Å². The van der Waals surface area contributed by atoms with Gasteiger partial charge >= 0.3 is 5.97 Å². The minimum Gasteiger partial charge on any atom is -0.480 e. The fraction of sp³-hybridized carbons (Fsp3) is 0.308. The number of aliphatic hydroxyl groups is 1. The van der Waals surface area contributed by atoms with Gasteiger partial charge in [0.1, 0.15) is 19.0 Å². The van der Waals surface area contributed by atoms with Gasteiger partial charge in [-0.25, -0.2) is 4.98 Å². The number of carbonyl (C=O) groups is 2. The minimum atomic E-state index is -1.12. The van der Waals surface area contributed by atoms with Crippen molar-refractivity contribution in [2.75, 3.05) is 13.1 Å². The van der Waals surface area contributed by atoms with Gasteiger partial charge in [-0.15, -0.1) is 6.42 Å². The molecular weight excluding hydrogens is 448 g/mol. The second kappa shape index (κ2) is 11.3. The van der Waals surface area contributed by atoms with Gasteiger partial charge in [0, 0.05) is 11.3 Å². The quantitative estimate of drug-likeness (QED) is 0.406. The molecule has 35 heavy (non-hydrogen) atoms. The summed E-state index contributed by atoms with van der Waals surface area (Å²) in [7, 11) is 0. The summed E-state index contributed by atoms with van der Waals surface area (Å²) in [4.78, 5) is 44.6. The molecule has 0 radical (unpaired) electrons. The number of terminal acetylenes is 1. The summed E-state index contributed by atoms with van der Waals surface area (Å²) in [6, 6.07) is 3.48.